The molecule has 1 aromatic carbocycles. The molecule has 0 fully saturated rings. The highest BCUT2D eigenvalue weighted by Crippen LogP contribution is 2.29. The van der Waals surface area contributed by atoms with Crippen molar-refractivity contribution in [3.8, 4) is 5.75 Å². The first-order valence-electron chi connectivity index (χ1n) is 4.51. The molecule has 80 valence electrons. The molecule has 0 aliphatic carbocycles. The van der Waals surface area contributed by atoms with E-state index in [2.05, 4.69) is 4.99 Å². The number of hydrogen-bond donors (Lipinski definition) is 0. The Bertz CT molecular complexity index is 411. The summed E-state index contributed by atoms with van der Waals surface area (Å²) in [4.78, 5) is 13.6. The zero-order chi connectivity index (χ0) is 11.4. The number of hydrogen-bond acceptors (Lipinski definition) is 3. The first-order chi connectivity index (χ1) is 7.10. The van der Waals surface area contributed by atoms with Crippen LogP contribution in [-0.2, 0) is 4.79 Å². The fourth-order valence-electron chi connectivity index (χ4n) is 1.32. The highest BCUT2D eigenvalue weighted by molar-refractivity contribution is 5.42. The normalized spacial score (nSPS) is 11.7. The van der Waals surface area contributed by atoms with Crippen molar-refractivity contribution >= 4 is 6.08 Å². The van der Waals surface area contributed by atoms with Gasteiger partial charge in [-0.3, -0.25) is 0 Å². The van der Waals surface area contributed by atoms with Crippen LogP contribution >= 0.6 is 0 Å². The molecule has 0 saturated heterocycles. The van der Waals surface area contributed by atoms with Crippen LogP contribution in [-0.4, -0.2) is 13.2 Å². The van der Waals surface area contributed by atoms with Gasteiger partial charge >= 0.3 is 0 Å². The van der Waals surface area contributed by atoms with Crippen LogP contribution in [0.4, 0.5) is 4.39 Å². The van der Waals surface area contributed by atoms with Crippen LogP contribution < -0.4 is 4.74 Å². The zero-order valence-electron chi connectivity index (χ0n) is 8.87. The van der Waals surface area contributed by atoms with Crippen molar-refractivity contribution in [1.29, 1.82) is 0 Å². The van der Waals surface area contributed by atoms with Crippen molar-refractivity contribution in [1.82, 2.24) is 0 Å². The van der Waals surface area contributed by atoms with Crippen molar-refractivity contribution < 1.29 is 13.9 Å². The van der Waals surface area contributed by atoms with Gasteiger partial charge in [0.1, 0.15) is 11.6 Å². The molecule has 0 N–H and O–H groups in total. The van der Waals surface area contributed by atoms with Crippen LogP contribution in [0.3, 0.4) is 0 Å². The Balaban J connectivity index is 3.26. The molecule has 0 spiro atoms. The van der Waals surface area contributed by atoms with E-state index in [0.717, 1.165) is 0 Å². The van der Waals surface area contributed by atoms with Gasteiger partial charge in [-0.15, -0.1) is 0 Å². The number of ether oxygens (including phenoxy) is 1. The topological polar surface area (TPSA) is 38.7 Å². The monoisotopic (exact) mass is 209 g/mol. The SMILES string of the molecule is COc1cc(C)c(F)cc1C(C)N=C=O. The Kier molecular flexibility index (Phi) is 3.58. The predicted octanol–water partition coefficient (Wildman–Crippen LogP) is 2.54. The van der Waals surface area contributed by atoms with Gasteiger partial charge < -0.3 is 4.74 Å². The minimum Gasteiger partial charge on any atom is -0.496 e. The molecule has 1 aromatic rings. The third-order valence-corrected chi connectivity index (χ3v) is 2.21. The molecule has 1 atom stereocenters. The maximum Gasteiger partial charge on any atom is 0.235 e. The van der Waals surface area contributed by atoms with Gasteiger partial charge in [-0.2, -0.15) is 4.99 Å². The summed E-state index contributed by atoms with van der Waals surface area (Å²) in [5.41, 5.74) is 1.04. The van der Waals surface area contributed by atoms with E-state index in [4.69, 9.17) is 4.74 Å². The van der Waals surface area contributed by atoms with E-state index in [0.29, 0.717) is 16.9 Å². The molecule has 0 saturated carbocycles. The van der Waals surface area contributed by atoms with Crippen LogP contribution in [0, 0.1) is 12.7 Å². The van der Waals surface area contributed by atoms with Crippen LogP contribution in [0.5, 0.6) is 5.75 Å². The largest absolute Gasteiger partial charge is 0.496 e. The molecule has 0 bridgehead atoms. The van der Waals surface area contributed by atoms with E-state index in [9.17, 15) is 9.18 Å². The summed E-state index contributed by atoms with van der Waals surface area (Å²) >= 11 is 0. The number of aliphatic imine (C=N–C) groups is 1. The summed E-state index contributed by atoms with van der Waals surface area (Å²) in [5, 5.41) is 0. The molecular formula is C11H12FNO2. The second-order valence-corrected chi connectivity index (χ2v) is 3.24. The molecule has 0 radical (unpaired) electrons. The molecule has 4 heteroatoms. The fraction of sp³-hybridized carbons (Fsp3) is 0.364. The van der Waals surface area contributed by atoms with Gasteiger partial charge in [0.2, 0.25) is 6.08 Å². The molecule has 3 nitrogen and oxygen atoms in total. The van der Waals surface area contributed by atoms with Gasteiger partial charge in [-0.25, -0.2) is 9.18 Å². The Morgan fingerprint density at radius 3 is 2.73 bits per heavy atom. The lowest BCUT2D eigenvalue weighted by atomic mass is 10.0. The number of rotatable bonds is 3. The average Bonchev–Trinajstić information content (AvgIpc) is 2.21. The number of benzene rings is 1. The first-order valence-corrected chi connectivity index (χ1v) is 4.51. The van der Waals surface area contributed by atoms with Crippen molar-refractivity contribution in [3.05, 3.63) is 29.1 Å². The summed E-state index contributed by atoms with van der Waals surface area (Å²) < 4.78 is 18.4. The second kappa shape index (κ2) is 4.71. The maximum atomic E-state index is 13.3. The number of nitrogens with zero attached hydrogens (tertiary/aromatic N) is 1. The fourth-order valence-corrected chi connectivity index (χ4v) is 1.32. The summed E-state index contributed by atoms with van der Waals surface area (Å²) in [6.45, 7) is 3.33. The second-order valence-electron chi connectivity index (χ2n) is 3.24. The highest BCUT2D eigenvalue weighted by Gasteiger charge is 2.13. The van der Waals surface area contributed by atoms with Gasteiger partial charge in [-0.1, -0.05) is 0 Å². The zero-order valence-corrected chi connectivity index (χ0v) is 8.87. The van der Waals surface area contributed by atoms with Gasteiger partial charge in [0.15, 0.2) is 0 Å². The minimum absolute atomic E-state index is 0.334. The van der Waals surface area contributed by atoms with E-state index in [-0.39, 0.29) is 5.82 Å². The van der Waals surface area contributed by atoms with Gasteiger partial charge in [-0.05, 0) is 31.5 Å². The summed E-state index contributed by atoms with van der Waals surface area (Å²) in [6.07, 6.45) is 1.45. The van der Waals surface area contributed by atoms with Crippen molar-refractivity contribution in [3.63, 3.8) is 0 Å². The molecule has 0 aromatic heterocycles. The highest BCUT2D eigenvalue weighted by atomic mass is 19.1. The van der Waals surface area contributed by atoms with Crippen molar-refractivity contribution in [2.45, 2.75) is 19.9 Å². The molecule has 0 heterocycles. The van der Waals surface area contributed by atoms with Gasteiger partial charge in [0.05, 0.1) is 13.2 Å². The van der Waals surface area contributed by atoms with Gasteiger partial charge in [0, 0.05) is 5.56 Å². The van der Waals surface area contributed by atoms with E-state index in [1.165, 1.54) is 19.3 Å². The number of methoxy groups -OCH3 is 1. The average molecular weight is 209 g/mol. The quantitative estimate of drug-likeness (QED) is 0.566. The predicted molar refractivity (Wildman–Crippen MR) is 54.2 cm³/mol. The van der Waals surface area contributed by atoms with E-state index >= 15 is 0 Å². The maximum absolute atomic E-state index is 13.3. The number of aryl methyl sites for hydroxylation is 1. The Hall–Kier alpha value is -1.67. The molecule has 0 amide bonds. The molecule has 0 aliphatic heterocycles. The smallest absolute Gasteiger partial charge is 0.235 e. The molecule has 0 aliphatic rings. The summed E-state index contributed by atoms with van der Waals surface area (Å²) in [6, 6.07) is 2.47. The number of halogens is 1. The van der Waals surface area contributed by atoms with Crippen LogP contribution in [0.2, 0.25) is 0 Å². The van der Waals surface area contributed by atoms with Crippen molar-refractivity contribution in [2.24, 2.45) is 4.99 Å². The molecule has 1 rings (SSSR count). The minimum atomic E-state index is -0.451. The lowest BCUT2D eigenvalue weighted by Gasteiger charge is -2.12. The molecular weight excluding hydrogens is 197 g/mol. The van der Waals surface area contributed by atoms with Crippen LogP contribution in [0.15, 0.2) is 17.1 Å². The molecule has 1 unspecified atom stereocenters. The number of isocyanates is 1. The molecule has 15 heavy (non-hydrogen) atoms. The van der Waals surface area contributed by atoms with E-state index in [1.807, 2.05) is 0 Å². The standard InChI is InChI=1S/C11H12FNO2/c1-7-4-11(15-3)9(5-10(7)12)8(2)13-6-14/h4-5,8H,1-3H3. The van der Waals surface area contributed by atoms with E-state index in [1.54, 1.807) is 19.9 Å². The lowest BCUT2D eigenvalue weighted by molar-refractivity contribution is 0.405. The van der Waals surface area contributed by atoms with E-state index < -0.39 is 6.04 Å². The first kappa shape index (κ1) is 11.4. The summed E-state index contributed by atoms with van der Waals surface area (Å²) in [5.74, 6) is 0.194. The van der Waals surface area contributed by atoms with Gasteiger partial charge in [0.25, 0.3) is 0 Å². The van der Waals surface area contributed by atoms with Crippen LogP contribution in [0.1, 0.15) is 24.1 Å². The van der Waals surface area contributed by atoms with Crippen LogP contribution in [0.25, 0.3) is 0 Å². The number of carbonyl (C=O) groups excluding carboxylic acids is 1. The summed E-state index contributed by atoms with van der Waals surface area (Å²) in [7, 11) is 1.49. The van der Waals surface area contributed by atoms with Crippen molar-refractivity contribution in [2.75, 3.05) is 7.11 Å². The Morgan fingerprint density at radius 2 is 2.20 bits per heavy atom. The Labute approximate surface area is 87.6 Å². The Morgan fingerprint density at radius 1 is 1.53 bits per heavy atom. The lowest BCUT2D eigenvalue weighted by Crippen LogP contribution is -1.98. The third-order valence-electron chi connectivity index (χ3n) is 2.21. The third kappa shape index (κ3) is 2.42.